The second-order valence-corrected chi connectivity index (χ2v) is 14.0. The van der Waals surface area contributed by atoms with Crippen molar-refractivity contribution in [3.8, 4) is 45.1 Å². The first-order valence-corrected chi connectivity index (χ1v) is 18.1. The smallest absolute Gasteiger partial charge is 0.0992 e. The Balaban J connectivity index is 1.03. The van der Waals surface area contributed by atoms with Gasteiger partial charge in [0.25, 0.3) is 0 Å². The van der Waals surface area contributed by atoms with E-state index in [0.29, 0.717) is 5.56 Å². The quantitative estimate of drug-likeness (QED) is 0.171. The van der Waals surface area contributed by atoms with E-state index >= 15 is 0 Å². The van der Waals surface area contributed by atoms with Gasteiger partial charge in [-0.25, -0.2) is 0 Å². The van der Waals surface area contributed by atoms with E-state index in [4.69, 9.17) is 0 Å². The number of nitrogens with zero attached hydrogens (tertiary/aromatic N) is 2. The van der Waals surface area contributed by atoms with Gasteiger partial charge in [-0.15, -0.1) is 0 Å². The molecular formula is C51H30N2. The summed E-state index contributed by atoms with van der Waals surface area (Å²) in [5.74, 6) is 0. The summed E-state index contributed by atoms with van der Waals surface area (Å²) in [7, 11) is 0. The molecule has 0 fully saturated rings. The van der Waals surface area contributed by atoms with Crippen LogP contribution in [0.15, 0.2) is 182 Å². The van der Waals surface area contributed by atoms with Crippen LogP contribution in [0.1, 0.15) is 5.56 Å². The van der Waals surface area contributed by atoms with E-state index in [1.165, 1.54) is 70.7 Å². The van der Waals surface area contributed by atoms with Crippen molar-refractivity contribution in [3.63, 3.8) is 0 Å². The van der Waals surface area contributed by atoms with Gasteiger partial charge in [-0.2, -0.15) is 5.26 Å². The fraction of sp³-hybridized carbons (Fsp3) is 0. The molecule has 2 nitrogen and oxygen atoms in total. The molecule has 11 rings (SSSR count). The molecule has 1 aromatic heterocycles. The van der Waals surface area contributed by atoms with Crippen LogP contribution in [-0.2, 0) is 0 Å². The van der Waals surface area contributed by atoms with E-state index in [9.17, 15) is 5.26 Å². The minimum Gasteiger partial charge on any atom is -0.309 e. The Morgan fingerprint density at radius 1 is 0.358 bits per heavy atom. The molecule has 0 saturated heterocycles. The van der Waals surface area contributed by atoms with E-state index < -0.39 is 0 Å². The molecule has 0 atom stereocenters. The molecule has 0 spiro atoms. The SMILES string of the molecule is N#Cc1ccc2c3ccc(-c4ccc(-c5ccc6ccc7c(-c8ccc9ccccc9c8)ccc8ccc5c6c87)cc4)cc3n(-c3ccccc3)c2c1. The van der Waals surface area contributed by atoms with Crippen molar-refractivity contribution in [1.82, 2.24) is 4.57 Å². The highest BCUT2D eigenvalue weighted by Crippen LogP contribution is 2.43. The van der Waals surface area contributed by atoms with Gasteiger partial charge in [0.05, 0.1) is 22.7 Å². The molecule has 0 N–H and O–H groups in total. The summed E-state index contributed by atoms with van der Waals surface area (Å²) >= 11 is 0. The number of nitriles is 1. The minimum atomic E-state index is 0.658. The summed E-state index contributed by atoms with van der Waals surface area (Å²) in [6, 6.07) is 68.1. The zero-order chi connectivity index (χ0) is 35.0. The van der Waals surface area contributed by atoms with Crippen molar-refractivity contribution >= 4 is 64.9 Å². The summed E-state index contributed by atoms with van der Waals surface area (Å²) in [6.45, 7) is 0. The maximum atomic E-state index is 9.69. The maximum absolute atomic E-state index is 9.69. The van der Waals surface area contributed by atoms with Crippen LogP contribution in [0, 0.1) is 11.3 Å². The molecule has 244 valence electrons. The Morgan fingerprint density at radius 2 is 0.887 bits per heavy atom. The Labute approximate surface area is 306 Å². The summed E-state index contributed by atoms with van der Waals surface area (Å²) in [5.41, 5.74) is 11.2. The monoisotopic (exact) mass is 670 g/mol. The molecule has 0 aliphatic carbocycles. The predicted molar refractivity (Wildman–Crippen MR) is 223 cm³/mol. The van der Waals surface area contributed by atoms with Gasteiger partial charge in [-0.3, -0.25) is 0 Å². The summed E-state index contributed by atoms with van der Waals surface area (Å²) in [4.78, 5) is 0. The summed E-state index contributed by atoms with van der Waals surface area (Å²) in [6.07, 6.45) is 0. The number of aromatic nitrogens is 1. The molecule has 0 aliphatic rings. The highest BCUT2D eigenvalue weighted by atomic mass is 15.0. The molecular weight excluding hydrogens is 641 g/mol. The Kier molecular flexibility index (Phi) is 6.35. The van der Waals surface area contributed by atoms with Crippen molar-refractivity contribution in [1.29, 1.82) is 5.26 Å². The lowest BCUT2D eigenvalue weighted by molar-refractivity contribution is 1.18. The van der Waals surface area contributed by atoms with E-state index in [0.717, 1.165) is 33.2 Å². The molecule has 0 radical (unpaired) electrons. The molecule has 0 bridgehead atoms. The molecule has 1 heterocycles. The zero-order valence-corrected chi connectivity index (χ0v) is 28.7. The predicted octanol–water partition coefficient (Wildman–Crippen LogP) is 13.7. The fourth-order valence-electron chi connectivity index (χ4n) is 8.63. The Morgan fingerprint density at radius 3 is 1.60 bits per heavy atom. The number of hydrogen-bond donors (Lipinski definition) is 0. The van der Waals surface area contributed by atoms with Crippen LogP contribution in [0.4, 0.5) is 0 Å². The average molecular weight is 671 g/mol. The van der Waals surface area contributed by atoms with Crippen molar-refractivity contribution in [2.75, 3.05) is 0 Å². The van der Waals surface area contributed by atoms with Gasteiger partial charge < -0.3 is 4.57 Å². The largest absolute Gasteiger partial charge is 0.309 e. The maximum Gasteiger partial charge on any atom is 0.0992 e. The first kappa shape index (κ1) is 29.5. The molecule has 53 heavy (non-hydrogen) atoms. The van der Waals surface area contributed by atoms with Gasteiger partial charge in [0.2, 0.25) is 0 Å². The van der Waals surface area contributed by atoms with E-state index in [2.05, 4.69) is 174 Å². The molecule has 0 saturated carbocycles. The number of para-hydroxylation sites is 1. The van der Waals surface area contributed by atoms with Crippen LogP contribution in [0.2, 0.25) is 0 Å². The number of hydrogen-bond acceptors (Lipinski definition) is 1. The summed E-state index contributed by atoms with van der Waals surface area (Å²) < 4.78 is 2.28. The van der Waals surface area contributed by atoms with Gasteiger partial charge in [0, 0.05) is 16.5 Å². The van der Waals surface area contributed by atoms with Gasteiger partial charge in [-0.05, 0) is 113 Å². The van der Waals surface area contributed by atoms with Crippen LogP contribution in [0.3, 0.4) is 0 Å². The van der Waals surface area contributed by atoms with Gasteiger partial charge in [-0.1, -0.05) is 146 Å². The number of benzene rings is 10. The summed E-state index contributed by atoms with van der Waals surface area (Å²) in [5, 5.41) is 22.3. The van der Waals surface area contributed by atoms with Crippen LogP contribution < -0.4 is 0 Å². The molecule has 11 aromatic rings. The minimum absolute atomic E-state index is 0.658. The third-order valence-electron chi connectivity index (χ3n) is 11.2. The van der Waals surface area contributed by atoms with Crippen LogP contribution in [0.5, 0.6) is 0 Å². The van der Waals surface area contributed by atoms with Gasteiger partial charge in [0.15, 0.2) is 0 Å². The lowest BCUT2D eigenvalue weighted by atomic mass is 9.87. The van der Waals surface area contributed by atoms with Crippen molar-refractivity contribution in [2.24, 2.45) is 0 Å². The lowest BCUT2D eigenvalue weighted by Crippen LogP contribution is -1.93. The molecule has 10 aromatic carbocycles. The zero-order valence-electron chi connectivity index (χ0n) is 28.7. The highest BCUT2D eigenvalue weighted by molar-refractivity contribution is 6.27. The van der Waals surface area contributed by atoms with E-state index in [-0.39, 0.29) is 0 Å². The third-order valence-corrected chi connectivity index (χ3v) is 11.2. The standard InChI is InChI=1S/C51H30N2/c52-31-32-10-22-44-45-25-21-39(30-49(45)53(48(44)28-32)41-8-2-1-3-9-41)34-11-14-35(15-12-34)42-23-17-36-20-27-47-43(24-18-37-19-26-46(42)50(36)51(37)47)40-16-13-33-6-4-5-7-38(33)29-40/h1-30H. The van der Waals surface area contributed by atoms with Crippen molar-refractivity contribution in [2.45, 2.75) is 0 Å². The lowest BCUT2D eigenvalue weighted by Gasteiger charge is -2.17. The normalized spacial score (nSPS) is 11.8. The third kappa shape index (κ3) is 4.51. The molecule has 0 aliphatic heterocycles. The van der Waals surface area contributed by atoms with E-state index in [1.807, 2.05) is 18.2 Å². The van der Waals surface area contributed by atoms with Crippen LogP contribution in [-0.4, -0.2) is 4.57 Å². The highest BCUT2D eigenvalue weighted by Gasteiger charge is 2.17. The topological polar surface area (TPSA) is 28.7 Å². The van der Waals surface area contributed by atoms with E-state index in [1.54, 1.807) is 0 Å². The molecule has 0 amide bonds. The van der Waals surface area contributed by atoms with Crippen molar-refractivity contribution in [3.05, 3.63) is 188 Å². The molecule has 2 heteroatoms. The molecule has 0 unspecified atom stereocenters. The second kappa shape index (κ2) is 11.4. The first-order chi connectivity index (χ1) is 26.2. The number of rotatable bonds is 4. The first-order valence-electron chi connectivity index (χ1n) is 18.1. The Bertz CT molecular complexity index is 3270. The Hall–Kier alpha value is -7.21. The fourth-order valence-corrected chi connectivity index (χ4v) is 8.63. The van der Waals surface area contributed by atoms with Crippen molar-refractivity contribution < 1.29 is 0 Å². The number of fused-ring (bicyclic) bond motifs is 4. The van der Waals surface area contributed by atoms with Gasteiger partial charge in [0.1, 0.15) is 0 Å². The van der Waals surface area contributed by atoms with Crippen LogP contribution >= 0.6 is 0 Å². The van der Waals surface area contributed by atoms with Crippen LogP contribution in [0.25, 0.3) is 104 Å². The average Bonchev–Trinajstić information content (AvgIpc) is 3.55. The second-order valence-electron chi connectivity index (χ2n) is 14.0. The van der Waals surface area contributed by atoms with Gasteiger partial charge >= 0.3 is 0 Å².